The van der Waals surface area contributed by atoms with Gasteiger partial charge in [0.2, 0.25) is 52.6 Å². The predicted molar refractivity (Wildman–Crippen MR) is 151 cm³/mol. The molecular weight excluding hydrogens is 601 g/mol. The number of unbranched alkanes of at least 4 members (excludes halogenated alkanes) is 1. The van der Waals surface area contributed by atoms with E-state index in [1.54, 1.807) is 4.90 Å². The van der Waals surface area contributed by atoms with Crippen molar-refractivity contribution in [2.45, 2.75) is 38.6 Å². The van der Waals surface area contributed by atoms with Crippen molar-refractivity contribution in [3.05, 3.63) is 94.3 Å². The van der Waals surface area contributed by atoms with Gasteiger partial charge in [0, 0.05) is 30.5 Å². The molecule has 0 saturated heterocycles. The maximum atomic E-state index is 13.6. The van der Waals surface area contributed by atoms with Crippen LogP contribution in [0.1, 0.15) is 48.8 Å². The Morgan fingerprint density at radius 3 is 2.04 bits per heavy atom. The summed E-state index contributed by atoms with van der Waals surface area (Å²) in [6, 6.07) is 15.0. The monoisotopic (exact) mass is 627 g/mol. The summed E-state index contributed by atoms with van der Waals surface area (Å²) in [4.78, 5) is 50.8. The number of halogens is 5. The first-order chi connectivity index (χ1) is 21.6. The van der Waals surface area contributed by atoms with E-state index in [1.165, 1.54) is 0 Å². The molecule has 0 radical (unpaired) electrons. The molecule has 0 bridgehead atoms. The van der Waals surface area contributed by atoms with Gasteiger partial charge >= 0.3 is 5.97 Å². The molecule has 1 aliphatic heterocycles. The van der Waals surface area contributed by atoms with Crippen LogP contribution in [0.25, 0.3) is 0 Å². The van der Waals surface area contributed by atoms with E-state index in [4.69, 9.17) is 0 Å². The van der Waals surface area contributed by atoms with Gasteiger partial charge in [-0.2, -0.15) is 8.78 Å². The second-order valence-corrected chi connectivity index (χ2v) is 9.86. The van der Waals surface area contributed by atoms with Crippen LogP contribution in [-0.4, -0.2) is 36.8 Å². The second-order valence-electron chi connectivity index (χ2n) is 9.86. The van der Waals surface area contributed by atoms with Gasteiger partial charge in [0.15, 0.2) is 0 Å². The predicted octanol–water partition coefficient (Wildman–Crippen LogP) is 4.42. The van der Waals surface area contributed by atoms with Crippen molar-refractivity contribution in [3.63, 3.8) is 0 Å². The minimum absolute atomic E-state index is 0.0414. The second kappa shape index (κ2) is 15.0. The number of rotatable bonds is 11. The maximum absolute atomic E-state index is 13.6. The van der Waals surface area contributed by atoms with Crippen molar-refractivity contribution in [2.75, 3.05) is 18.0 Å². The minimum Gasteiger partial charge on any atom is -0.420 e. The minimum atomic E-state index is -2.40. The van der Waals surface area contributed by atoms with Gasteiger partial charge in [-0.25, -0.2) is 13.2 Å². The van der Waals surface area contributed by atoms with Gasteiger partial charge in [0.1, 0.15) is 0 Å². The smallest absolute Gasteiger partial charge is 0.313 e. The van der Waals surface area contributed by atoms with Crippen LogP contribution < -0.4 is 20.3 Å². The summed E-state index contributed by atoms with van der Waals surface area (Å²) in [7, 11) is 0. The third kappa shape index (κ3) is 8.23. The fourth-order valence-electron chi connectivity index (χ4n) is 4.38. The van der Waals surface area contributed by atoms with Gasteiger partial charge in [0.05, 0.1) is 25.2 Å². The Hall–Kier alpha value is -5.25. The first-order valence-corrected chi connectivity index (χ1v) is 13.8. The Morgan fingerprint density at radius 2 is 1.31 bits per heavy atom. The molecule has 0 atom stereocenters. The van der Waals surface area contributed by atoms with Crippen LogP contribution in [-0.2, 0) is 25.7 Å². The van der Waals surface area contributed by atoms with E-state index in [0.717, 1.165) is 16.7 Å². The number of hydrogen-bond donors (Lipinski definition) is 2. The highest BCUT2D eigenvalue weighted by Gasteiger charge is 2.28. The molecule has 2 N–H and O–H groups in total. The number of amides is 3. The summed E-state index contributed by atoms with van der Waals surface area (Å²) in [6.45, 7) is -0.499. The number of anilines is 1. The largest absolute Gasteiger partial charge is 0.420 e. The Balaban J connectivity index is 1.16. The van der Waals surface area contributed by atoms with Gasteiger partial charge in [-0.3, -0.25) is 19.2 Å². The average molecular weight is 628 g/mol. The molecule has 1 aliphatic rings. The SMILES string of the molecule is O=C(CCCCC(=O)N1Cc2ccccc2C#Cc2ccccc21)NCC(=O)NCCC(=O)Oc1c(F)c(F)c(F)c(F)c1F. The number of hydrogen-bond acceptors (Lipinski definition) is 5. The molecule has 8 nitrogen and oxygen atoms in total. The van der Waals surface area contributed by atoms with E-state index < -0.39 is 72.1 Å². The topological polar surface area (TPSA) is 105 Å². The number of carbonyl (C=O) groups is 4. The zero-order chi connectivity index (χ0) is 32.5. The Labute approximate surface area is 254 Å². The summed E-state index contributed by atoms with van der Waals surface area (Å²) in [5, 5.41) is 4.64. The van der Waals surface area contributed by atoms with Gasteiger partial charge in [-0.1, -0.05) is 42.2 Å². The lowest BCUT2D eigenvalue weighted by Gasteiger charge is -2.26. The summed E-state index contributed by atoms with van der Waals surface area (Å²) in [5.41, 5.74) is 3.20. The van der Waals surface area contributed by atoms with Crippen molar-refractivity contribution in [1.29, 1.82) is 0 Å². The summed E-state index contributed by atoms with van der Waals surface area (Å²) >= 11 is 0. The van der Waals surface area contributed by atoms with E-state index in [2.05, 4.69) is 27.2 Å². The Kier molecular flexibility index (Phi) is 10.9. The first kappa shape index (κ1) is 32.7. The van der Waals surface area contributed by atoms with Gasteiger partial charge in [-0.05, 0) is 36.6 Å². The molecular formula is C32H26F5N3O5. The number of nitrogens with zero attached hydrogens (tertiary/aromatic N) is 1. The van der Waals surface area contributed by atoms with Gasteiger partial charge in [0.25, 0.3) is 0 Å². The van der Waals surface area contributed by atoms with E-state index in [0.29, 0.717) is 25.1 Å². The van der Waals surface area contributed by atoms with Crippen molar-refractivity contribution in [1.82, 2.24) is 10.6 Å². The lowest BCUT2D eigenvalue weighted by molar-refractivity contribution is -0.135. The van der Waals surface area contributed by atoms with Crippen LogP contribution in [0.15, 0.2) is 48.5 Å². The van der Waals surface area contributed by atoms with Crippen molar-refractivity contribution in [2.24, 2.45) is 0 Å². The maximum Gasteiger partial charge on any atom is 0.313 e. The molecule has 3 aromatic rings. The van der Waals surface area contributed by atoms with Crippen molar-refractivity contribution >= 4 is 29.4 Å². The van der Waals surface area contributed by atoms with Crippen LogP contribution in [0.2, 0.25) is 0 Å². The molecule has 13 heteroatoms. The zero-order valence-electron chi connectivity index (χ0n) is 23.7. The highest BCUT2D eigenvalue weighted by atomic mass is 19.2. The molecule has 3 amide bonds. The number of ether oxygens (including phenoxy) is 1. The number of para-hydroxylation sites is 1. The third-order valence-corrected chi connectivity index (χ3v) is 6.70. The molecule has 0 spiro atoms. The molecule has 0 saturated carbocycles. The molecule has 0 fully saturated rings. The van der Waals surface area contributed by atoms with E-state index in [-0.39, 0.29) is 18.7 Å². The number of carbonyl (C=O) groups excluding carboxylic acids is 4. The zero-order valence-corrected chi connectivity index (χ0v) is 23.7. The lowest BCUT2D eigenvalue weighted by Crippen LogP contribution is -2.37. The summed E-state index contributed by atoms with van der Waals surface area (Å²) < 4.78 is 71.0. The fourth-order valence-corrected chi connectivity index (χ4v) is 4.38. The van der Waals surface area contributed by atoms with E-state index in [9.17, 15) is 41.1 Å². The summed E-state index contributed by atoms with van der Waals surface area (Å²) in [6.07, 6.45) is 0.343. The number of nitrogens with one attached hydrogen (secondary N) is 2. The number of benzene rings is 3. The number of esters is 1. The molecule has 0 aromatic heterocycles. The van der Waals surface area contributed by atoms with E-state index >= 15 is 0 Å². The molecule has 4 rings (SSSR count). The molecule has 234 valence electrons. The van der Waals surface area contributed by atoms with Crippen LogP contribution in [0, 0.1) is 40.9 Å². The van der Waals surface area contributed by atoms with Crippen molar-refractivity contribution in [3.8, 4) is 17.6 Å². The third-order valence-electron chi connectivity index (χ3n) is 6.70. The highest BCUT2D eigenvalue weighted by Crippen LogP contribution is 2.29. The van der Waals surface area contributed by atoms with Crippen LogP contribution in [0.5, 0.6) is 5.75 Å². The van der Waals surface area contributed by atoms with Crippen LogP contribution in [0.3, 0.4) is 0 Å². The molecule has 1 heterocycles. The molecule has 45 heavy (non-hydrogen) atoms. The first-order valence-electron chi connectivity index (χ1n) is 13.8. The van der Waals surface area contributed by atoms with Gasteiger partial charge < -0.3 is 20.3 Å². The number of fused-ring (bicyclic) bond motifs is 2. The normalized spacial score (nSPS) is 11.6. The quantitative estimate of drug-likeness (QED) is 0.0624. The average Bonchev–Trinajstić information content (AvgIpc) is 3.03. The van der Waals surface area contributed by atoms with Crippen LogP contribution >= 0.6 is 0 Å². The summed E-state index contributed by atoms with van der Waals surface area (Å²) in [5.74, 6) is -9.66. The highest BCUT2D eigenvalue weighted by molar-refractivity contribution is 5.95. The fraction of sp³-hybridized carbons (Fsp3) is 0.250. The lowest BCUT2D eigenvalue weighted by atomic mass is 10.0. The molecule has 3 aromatic carbocycles. The van der Waals surface area contributed by atoms with Crippen molar-refractivity contribution < 1.29 is 45.9 Å². The van der Waals surface area contributed by atoms with E-state index in [1.807, 2.05) is 48.5 Å². The standard InChI is InChI=1S/C32H26F5N3O5/c33-27-28(34)30(36)32(31(37)29(27)35)45-26(44)15-16-38-24(42)17-39-23(41)11-5-6-12-25(43)40-18-21-9-2-1-7-19(21)13-14-20-8-3-4-10-22(20)40/h1-4,7-10H,5-6,11-12,15-18H2,(H,38,42)(H,39,41). The molecule has 0 aliphatic carbocycles. The Morgan fingerprint density at radius 1 is 0.711 bits per heavy atom. The van der Waals surface area contributed by atoms with Gasteiger partial charge in [-0.15, -0.1) is 0 Å². The van der Waals surface area contributed by atoms with Crippen LogP contribution in [0.4, 0.5) is 27.6 Å². The Bertz CT molecular complexity index is 1670. The molecule has 0 unspecified atom stereocenters.